The van der Waals surface area contributed by atoms with E-state index in [0.717, 1.165) is 70.5 Å². The number of rotatable bonds is 35. The van der Waals surface area contributed by atoms with Crippen LogP contribution in [0.5, 0.6) is 0 Å². The molecule has 0 aliphatic rings. The molecule has 0 aromatic carbocycles. The Morgan fingerprint density at radius 2 is 1.00 bits per heavy atom. The molecule has 1 unspecified atom stereocenters. The van der Waals surface area contributed by atoms with E-state index in [1.54, 1.807) is 14.7 Å². The lowest BCUT2D eigenvalue weighted by Gasteiger charge is -2.32. The molecule has 0 saturated carbocycles. The van der Waals surface area contributed by atoms with Gasteiger partial charge in [0.2, 0.25) is 17.7 Å². The number of aldehydes is 1. The van der Waals surface area contributed by atoms with Crippen molar-refractivity contribution < 1.29 is 24.3 Å². The van der Waals surface area contributed by atoms with Gasteiger partial charge in [-0.1, -0.05) is 144 Å². The third kappa shape index (κ3) is 24.7. The van der Waals surface area contributed by atoms with E-state index in [9.17, 15) is 24.3 Å². The highest BCUT2D eigenvalue weighted by molar-refractivity contribution is 5.89. The molecule has 9 nitrogen and oxygen atoms in total. The van der Waals surface area contributed by atoms with E-state index < -0.39 is 0 Å². The molecule has 1 N–H and O–H groups in total. The molecule has 0 rings (SSSR count). The standard InChI is InChI=1S/C40H78N4O5/c1-6-11-14-16-18-20-22-24-27-42(30-32-46)39(48)36-44(33-37(9-4)26-13-8-3)40(49)35-43(38(47)34-41(10-5)29-31-45)28-25-23-21-19-17-15-12-7-2/h32,37,45H,6-31,33-36H2,1-5H3. The summed E-state index contributed by atoms with van der Waals surface area (Å²) in [7, 11) is 0. The number of amides is 3. The van der Waals surface area contributed by atoms with Gasteiger partial charge in [-0.3, -0.25) is 19.3 Å². The van der Waals surface area contributed by atoms with Crippen LogP contribution < -0.4 is 0 Å². The number of carbonyl (C=O) groups is 4. The monoisotopic (exact) mass is 695 g/mol. The predicted molar refractivity (Wildman–Crippen MR) is 204 cm³/mol. The van der Waals surface area contributed by atoms with Crippen molar-refractivity contribution in [3.63, 3.8) is 0 Å². The average molecular weight is 695 g/mol. The first-order valence-electron chi connectivity index (χ1n) is 20.4. The number of carbonyl (C=O) groups excluding carboxylic acids is 4. The fourth-order valence-corrected chi connectivity index (χ4v) is 6.36. The van der Waals surface area contributed by atoms with Crippen molar-refractivity contribution >= 4 is 24.0 Å². The summed E-state index contributed by atoms with van der Waals surface area (Å²) in [5.74, 6) is -0.261. The van der Waals surface area contributed by atoms with Crippen LogP contribution in [0, 0.1) is 5.92 Å². The molecule has 288 valence electrons. The van der Waals surface area contributed by atoms with E-state index in [-0.39, 0.29) is 56.4 Å². The molecule has 0 aromatic heterocycles. The summed E-state index contributed by atoms with van der Waals surface area (Å²) in [5, 5.41) is 9.49. The van der Waals surface area contributed by atoms with Crippen LogP contribution in [-0.2, 0) is 19.2 Å². The van der Waals surface area contributed by atoms with Crippen molar-refractivity contribution in [2.24, 2.45) is 5.92 Å². The van der Waals surface area contributed by atoms with Crippen LogP contribution in [0.1, 0.15) is 163 Å². The number of aliphatic hydroxyl groups is 1. The molecule has 0 fully saturated rings. The first kappa shape index (κ1) is 47.0. The van der Waals surface area contributed by atoms with Gasteiger partial charge < -0.3 is 24.6 Å². The van der Waals surface area contributed by atoms with E-state index in [2.05, 4.69) is 27.7 Å². The fourth-order valence-electron chi connectivity index (χ4n) is 6.36. The van der Waals surface area contributed by atoms with Crippen molar-refractivity contribution in [3.05, 3.63) is 0 Å². The average Bonchev–Trinajstić information content (AvgIpc) is 3.10. The minimum absolute atomic E-state index is 0.0274. The predicted octanol–water partition coefficient (Wildman–Crippen LogP) is 7.48. The van der Waals surface area contributed by atoms with Crippen LogP contribution in [0.4, 0.5) is 0 Å². The van der Waals surface area contributed by atoms with Crippen LogP contribution >= 0.6 is 0 Å². The van der Waals surface area contributed by atoms with Crippen LogP contribution in [0.15, 0.2) is 0 Å². The number of unbranched alkanes of at least 4 members (excludes halogenated alkanes) is 15. The molecular formula is C40H78N4O5. The van der Waals surface area contributed by atoms with Gasteiger partial charge in [0.1, 0.15) is 6.29 Å². The van der Waals surface area contributed by atoms with Gasteiger partial charge in [-0.25, -0.2) is 0 Å². The van der Waals surface area contributed by atoms with Gasteiger partial charge >= 0.3 is 0 Å². The second-order valence-corrected chi connectivity index (χ2v) is 14.1. The largest absolute Gasteiger partial charge is 0.395 e. The Labute approximate surface area is 301 Å². The van der Waals surface area contributed by atoms with Crippen molar-refractivity contribution in [1.29, 1.82) is 0 Å². The zero-order chi connectivity index (χ0) is 36.5. The molecule has 3 amide bonds. The van der Waals surface area contributed by atoms with Crippen molar-refractivity contribution in [2.75, 3.05) is 65.5 Å². The highest BCUT2D eigenvalue weighted by atomic mass is 16.3. The lowest BCUT2D eigenvalue weighted by Crippen LogP contribution is -2.50. The van der Waals surface area contributed by atoms with E-state index in [1.807, 2.05) is 11.8 Å². The Kier molecular flexibility index (Phi) is 31.8. The zero-order valence-electron chi connectivity index (χ0n) is 32.7. The Hall–Kier alpha value is -2.00. The maximum atomic E-state index is 14.1. The van der Waals surface area contributed by atoms with Crippen molar-refractivity contribution in [3.8, 4) is 0 Å². The molecule has 0 radical (unpaired) electrons. The van der Waals surface area contributed by atoms with Crippen molar-refractivity contribution in [2.45, 2.75) is 163 Å². The lowest BCUT2D eigenvalue weighted by molar-refractivity contribution is -0.145. The molecule has 0 aliphatic heterocycles. The molecule has 0 heterocycles. The normalized spacial score (nSPS) is 11.9. The lowest BCUT2D eigenvalue weighted by atomic mass is 9.98. The third-order valence-electron chi connectivity index (χ3n) is 9.81. The summed E-state index contributed by atoms with van der Waals surface area (Å²) in [5.41, 5.74) is 0. The molecule has 0 bridgehead atoms. The summed E-state index contributed by atoms with van der Waals surface area (Å²) in [6, 6.07) is 0. The van der Waals surface area contributed by atoms with Gasteiger partial charge in [0, 0.05) is 26.2 Å². The van der Waals surface area contributed by atoms with Crippen LogP contribution in [0.3, 0.4) is 0 Å². The maximum Gasteiger partial charge on any atom is 0.242 e. The minimum atomic E-state index is -0.209. The highest BCUT2D eigenvalue weighted by Gasteiger charge is 2.27. The Bertz CT molecular complexity index is 826. The van der Waals surface area contributed by atoms with Gasteiger partial charge in [0.25, 0.3) is 0 Å². The number of likely N-dealkylation sites (N-methyl/N-ethyl adjacent to an activating group) is 1. The summed E-state index contributed by atoms with van der Waals surface area (Å²) < 4.78 is 0. The molecule has 49 heavy (non-hydrogen) atoms. The summed E-state index contributed by atoms with van der Waals surface area (Å²) >= 11 is 0. The number of nitrogens with zero attached hydrogens (tertiary/aromatic N) is 4. The van der Waals surface area contributed by atoms with Gasteiger partial charge in [-0.05, 0) is 31.7 Å². The van der Waals surface area contributed by atoms with E-state index in [0.29, 0.717) is 32.7 Å². The molecule has 0 saturated heterocycles. The molecule has 0 spiro atoms. The summed E-state index contributed by atoms with van der Waals surface area (Å²) in [6.07, 6.45) is 23.2. The van der Waals surface area contributed by atoms with Gasteiger partial charge in [-0.2, -0.15) is 0 Å². The zero-order valence-corrected chi connectivity index (χ0v) is 32.7. The molecule has 0 aliphatic carbocycles. The van der Waals surface area contributed by atoms with E-state index in [4.69, 9.17) is 0 Å². The Morgan fingerprint density at radius 1 is 0.551 bits per heavy atom. The van der Waals surface area contributed by atoms with Gasteiger partial charge in [0.15, 0.2) is 0 Å². The van der Waals surface area contributed by atoms with E-state index in [1.165, 1.54) is 64.2 Å². The maximum absolute atomic E-state index is 14.1. The SMILES string of the molecule is CCCCCCCCCCN(CC=O)C(=O)CN(CC(CC)CCCC)C(=O)CN(CCCCCCCCCC)C(=O)CN(CC)CCO. The minimum Gasteiger partial charge on any atom is -0.395 e. The second-order valence-electron chi connectivity index (χ2n) is 14.1. The Morgan fingerprint density at radius 3 is 1.47 bits per heavy atom. The highest BCUT2D eigenvalue weighted by Crippen LogP contribution is 2.16. The van der Waals surface area contributed by atoms with E-state index >= 15 is 0 Å². The van der Waals surface area contributed by atoms with Gasteiger partial charge in [0.05, 0.1) is 32.8 Å². The molecular weight excluding hydrogens is 616 g/mol. The number of hydrogen-bond donors (Lipinski definition) is 1. The smallest absolute Gasteiger partial charge is 0.242 e. The van der Waals surface area contributed by atoms with Gasteiger partial charge in [-0.15, -0.1) is 0 Å². The molecule has 9 heteroatoms. The fraction of sp³-hybridized carbons (Fsp3) is 0.900. The third-order valence-corrected chi connectivity index (χ3v) is 9.81. The first-order chi connectivity index (χ1) is 23.8. The Balaban J connectivity index is 5.70. The topological polar surface area (TPSA) is 101 Å². The number of hydrogen-bond acceptors (Lipinski definition) is 6. The van der Waals surface area contributed by atoms with Crippen molar-refractivity contribution in [1.82, 2.24) is 19.6 Å². The van der Waals surface area contributed by atoms with Crippen LogP contribution in [0.25, 0.3) is 0 Å². The summed E-state index contributed by atoms with van der Waals surface area (Å²) in [6.45, 7) is 13.2. The molecule has 1 atom stereocenters. The van der Waals surface area contributed by atoms with Crippen LogP contribution in [0.2, 0.25) is 0 Å². The van der Waals surface area contributed by atoms with Crippen LogP contribution in [-0.4, -0.2) is 114 Å². The summed E-state index contributed by atoms with van der Waals surface area (Å²) in [4.78, 5) is 59.7. The quantitative estimate of drug-likeness (QED) is 0.0545. The number of aliphatic hydroxyl groups excluding tert-OH is 1. The second kappa shape index (κ2) is 33.2. The first-order valence-corrected chi connectivity index (χ1v) is 20.4. The molecule has 0 aromatic rings.